The normalized spacial score (nSPS) is 47.1. The van der Waals surface area contributed by atoms with Crippen LogP contribution in [0.1, 0.15) is 19.3 Å². The maximum absolute atomic E-state index is 9.48. The third kappa shape index (κ3) is 0.956. The van der Waals surface area contributed by atoms with Gasteiger partial charge in [0.05, 0.1) is 6.10 Å². The zero-order valence-corrected chi connectivity index (χ0v) is 6.21. The largest absolute Gasteiger partial charge is 0.393 e. The number of nitrogens with one attached hydrogen (secondary N) is 1. The number of aliphatic hydroxyl groups excluding tert-OH is 1. The molecular weight excluding hydrogens is 126 g/mol. The molecule has 10 heavy (non-hydrogen) atoms. The summed E-state index contributed by atoms with van der Waals surface area (Å²) in [5, 5.41) is 12.8. The fourth-order valence-electron chi connectivity index (χ4n) is 2.34. The Balaban J connectivity index is 2.01. The van der Waals surface area contributed by atoms with E-state index in [2.05, 4.69) is 5.32 Å². The van der Waals surface area contributed by atoms with Gasteiger partial charge in [0.15, 0.2) is 0 Å². The molecule has 1 saturated heterocycles. The molecule has 2 nitrogen and oxygen atoms in total. The van der Waals surface area contributed by atoms with Crippen LogP contribution in [0.15, 0.2) is 0 Å². The van der Waals surface area contributed by atoms with Crippen molar-refractivity contribution in [3.8, 4) is 0 Å². The molecule has 0 aromatic heterocycles. The molecule has 1 saturated carbocycles. The number of aliphatic hydroxyl groups is 1. The molecule has 0 aromatic rings. The van der Waals surface area contributed by atoms with Crippen LogP contribution in [0.3, 0.4) is 0 Å². The standard InChI is InChI=1S/C8H15NO/c10-8-2-1-6-3-4-9-5-7(6)8/h6-10H,1-5H2/t6-,7+,8+/m0/s1. The van der Waals surface area contributed by atoms with Gasteiger partial charge in [-0.1, -0.05) is 0 Å². The van der Waals surface area contributed by atoms with Gasteiger partial charge in [0.2, 0.25) is 0 Å². The van der Waals surface area contributed by atoms with Gasteiger partial charge in [0.25, 0.3) is 0 Å². The lowest BCUT2D eigenvalue weighted by atomic mass is 9.89. The lowest BCUT2D eigenvalue weighted by Gasteiger charge is -2.27. The summed E-state index contributed by atoms with van der Waals surface area (Å²) in [5.74, 6) is 1.41. The summed E-state index contributed by atoms with van der Waals surface area (Å²) in [6.07, 6.45) is 3.57. The van der Waals surface area contributed by atoms with Crippen LogP contribution in [0.25, 0.3) is 0 Å². The Kier molecular flexibility index (Phi) is 1.66. The predicted molar refractivity (Wildman–Crippen MR) is 39.7 cm³/mol. The van der Waals surface area contributed by atoms with Gasteiger partial charge in [0.1, 0.15) is 0 Å². The lowest BCUT2D eigenvalue weighted by molar-refractivity contribution is 0.104. The highest BCUT2D eigenvalue weighted by atomic mass is 16.3. The van der Waals surface area contributed by atoms with Crippen LogP contribution >= 0.6 is 0 Å². The van der Waals surface area contributed by atoms with E-state index in [-0.39, 0.29) is 6.10 Å². The van der Waals surface area contributed by atoms with Gasteiger partial charge in [-0.2, -0.15) is 0 Å². The molecule has 2 heteroatoms. The Labute approximate surface area is 61.6 Å². The van der Waals surface area contributed by atoms with Crippen LogP contribution in [0.5, 0.6) is 0 Å². The molecule has 2 rings (SSSR count). The van der Waals surface area contributed by atoms with Gasteiger partial charge in [-0.3, -0.25) is 0 Å². The minimum absolute atomic E-state index is 0.00204. The first-order valence-electron chi connectivity index (χ1n) is 4.26. The smallest absolute Gasteiger partial charge is 0.0583 e. The van der Waals surface area contributed by atoms with Crippen molar-refractivity contribution in [2.75, 3.05) is 13.1 Å². The highest BCUT2D eigenvalue weighted by molar-refractivity contribution is 4.88. The van der Waals surface area contributed by atoms with E-state index in [9.17, 15) is 5.11 Å². The minimum Gasteiger partial charge on any atom is -0.393 e. The number of piperidine rings is 1. The third-order valence-electron chi connectivity index (χ3n) is 3.00. The van der Waals surface area contributed by atoms with E-state index in [4.69, 9.17) is 0 Å². The number of hydrogen-bond donors (Lipinski definition) is 2. The summed E-state index contributed by atoms with van der Waals surface area (Å²) in [6.45, 7) is 2.21. The fraction of sp³-hybridized carbons (Fsp3) is 1.00. The molecule has 0 aromatic carbocycles. The van der Waals surface area contributed by atoms with Crippen molar-refractivity contribution in [1.29, 1.82) is 0 Å². The number of rotatable bonds is 0. The molecule has 0 radical (unpaired) electrons. The molecule has 2 fully saturated rings. The molecule has 0 amide bonds. The summed E-state index contributed by atoms with van der Waals surface area (Å²) in [7, 11) is 0. The summed E-state index contributed by atoms with van der Waals surface area (Å²) in [6, 6.07) is 0. The van der Waals surface area contributed by atoms with Crippen molar-refractivity contribution in [3.63, 3.8) is 0 Å². The van der Waals surface area contributed by atoms with Gasteiger partial charge in [-0.25, -0.2) is 0 Å². The molecule has 2 N–H and O–H groups in total. The van der Waals surface area contributed by atoms with Crippen LogP contribution in [-0.4, -0.2) is 24.3 Å². The third-order valence-corrected chi connectivity index (χ3v) is 3.00. The summed E-state index contributed by atoms with van der Waals surface area (Å²) < 4.78 is 0. The molecule has 0 bridgehead atoms. The van der Waals surface area contributed by atoms with E-state index in [0.717, 1.165) is 25.4 Å². The Hall–Kier alpha value is -0.0800. The average Bonchev–Trinajstić information content (AvgIpc) is 2.34. The second kappa shape index (κ2) is 2.51. The van der Waals surface area contributed by atoms with E-state index in [0.29, 0.717) is 5.92 Å². The maximum atomic E-state index is 9.48. The summed E-state index contributed by atoms with van der Waals surface area (Å²) in [4.78, 5) is 0. The van der Waals surface area contributed by atoms with Crippen LogP contribution in [0, 0.1) is 11.8 Å². The SMILES string of the molecule is O[C@@H]1CC[C@H]2CCNC[C@H]21. The maximum Gasteiger partial charge on any atom is 0.0583 e. The second-order valence-corrected chi connectivity index (χ2v) is 3.56. The fourth-order valence-corrected chi connectivity index (χ4v) is 2.34. The van der Waals surface area contributed by atoms with Gasteiger partial charge in [0, 0.05) is 12.5 Å². The highest BCUT2D eigenvalue weighted by Crippen LogP contribution is 2.35. The lowest BCUT2D eigenvalue weighted by Crippen LogP contribution is -2.38. The van der Waals surface area contributed by atoms with E-state index >= 15 is 0 Å². The molecule has 0 spiro atoms. The summed E-state index contributed by atoms with van der Waals surface area (Å²) >= 11 is 0. The zero-order chi connectivity index (χ0) is 6.97. The molecule has 1 aliphatic carbocycles. The van der Waals surface area contributed by atoms with Crippen molar-refractivity contribution in [1.82, 2.24) is 5.32 Å². The second-order valence-electron chi connectivity index (χ2n) is 3.56. The zero-order valence-electron chi connectivity index (χ0n) is 6.21. The molecule has 1 heterocycles. The van der Waals surface area contributed by atoms with Gasteiger partial charge >= 0.3 is 0 Å². The quantitative estimate of drug-likeness (QED) is 0.510. The number of fused-ring (bicyclic) bond motifs is 1. The van der Waals surface area contributed by atoms with Crippen molar-refractivity contribution in [2.24, 2.45) is 11.8 Å². The first kappa shape index (κ1) is 6.62. The molecule has 2 aliphatic rings. The number of hydrogen-bond acceptors (Lipinski definition) is 2. The van der Waals surface area contributed by atoms with Gasteiger partial charge in [-0.05, 0) is 31.7 Å². The van der Waals surface area contributed by atoms with Crippen molar-refractivity contribution < 1.29 is 5.11 Å². The predicted octanol–water partition coefficient (Wildman–Crippen LogP) is 0.367. The van der Waals surface area contributed by atoms with Crippen LogP contribution < -0.4 is 5.32 Å². The molecule has 3 atom stereocenters. The first-order valence-corrected chi connectivity index (χ1v) is 4.26. The summed E-state index contributed by atoms with van der Waals surface area (Å²) in [5.41, 5.74) is 0. The molecule has 58 valence electrons. The monoisotopic (exact) mass is 141 g/mol. The van der Waals surface area contributed by atoms with Gasteiger partial charge < -0.3 is 10.4 Å². The van der Waals surface area contributed by atoms with Crippen LogP contribution in [0.2, 0.25) is 0 Å². The topological polar surface area (TPSA) is 32.3 Å². The van der Waals surface area contributed by atoms with Crippen LogP contribution in [-0.2, 0) is 0 Å². The van der Waals surface area contributed by atoms with E-state index in [1.54, 1.807) is 0 Å². The van der Waals surface area contributed by atoms with E-state index in [1.165, 1.54) is 12.8 Å². The molecular formula is C8H15NO. The highest BCUT2D eigenvalue weighted by Gasteiger charge is 2.35. The van der Waals surface area contributed by atoms with E-state index < -0.39 is 0 Å². The Morgan fingerprint density at radius 3 is 2.90 bits per heavy atom. The van der Waals surface area contributed by atoms with Gasteiger partial charge in [-0.15, -0.1) is 0 Å². The first-order chi connectivity index (χ1) is 4.88. The Bertz CT molecular complexity index is 124. The van der Waals surface area contributed by atoms with Crippen molar-refractivity contribution in [3.05, 3.63) is 0 Å². The van der Waals surface area contributed by atoms with E-state index in [1.807, 2.05) is 0 Å². The van der Waals surface area contributed by atoms with Crippen molar-refractivity contribution in [2.45, 2.75) is 25.4 Å². The van der Waals surface area contributed by atoms with Crippen LogP contribution in [0.4, 0.5) is 0 Å². The molecule has 0 unspecified atom stereocenters. The minimum atomic E-state index is -0.00204. The van der Waals surface area contributed by atoms with Crippen molar-refractivity contribution >= 4 is 0 Å². The Morgan fingerprint density at radius 2 is 2.10 bits per heavy atom. The molecule has 1 aliphatic heterocycles. The Morgan fingerprint density at radius 1 is 1.20 bits per heavy atom. The average molecular weight is 141 g/mol.